The maximum Gasteiger partial charge on any atom is 0.416 e. The van der Waals surface area contributed by atoms with Gasteiger partial charge in [0.15, 0.2) is 0 Å². The second-order valence-corrected chi connectivity index (χ2v) is 6.73. The molecular formula is C16H12ClF3N4OS. The molecule has 1 N–H and O–H groups in total. The quantitative estimate of drug-likeness (QED) is 0.682. The number of nitrogens with one attached hydrogen (secondary N) is 1. The lowest BCUT2D eigenvalue weighted by Gasteiger charge is -2.13. The molecule has 0 radical (unpaired) electrons. The minimum absolute atomic E-state index is 0.0194. The molecule has 0 aliphatic carbocycles. The smallest absolute Gasteiger partial charge is 0.306 e. The standard InChI is InChI=1S/C16H12ClF3N4OS/c1-8-5-13(22-15(25)14-9(2)21-7-26-14)24(23-8)12-6-10(16(18,19)20)3-4-11(12)17/h3-7H,1-2H3,(H,22,25). The molecule has 1 amide bonds. The van der Waals surface area contributed by atoms with Crippen molar-refractivity contribution in [3.63, 3.8) is 0 Å². The number of anilines is 1. The van der Waals surface area contributed by atoms with Gasteiger partial charge in [-0.25, -0.2) is 9.67 Å². The molecule has 0 aliphatic heterocycles. The Bertz CT molecular complexity index is 980. The fourth-order valence-electron chi connectivity index (χ4n) is 2.32. The molecule has 0 fully saturated rings. The van der Waals surface area contributed by atoms with E-state index in [0.29, 0.717) is 16.3 Å². The van der Waals surface area contributed by atoms with Gasteiger partial charge in [-0.3, -0.25) is 4.79 Å². The monoisotopic (exact) mass is 400 g/mol. The lowest BCUT2D eigenvalue weighted by atomic mass is 10.2. The Morgan fingerprint density at radius 1 is 1.27 bits per heavy atom. The maximum atomic E-state index is 13.0. The van der Waals surface area contributed by atoms with Gasteiger partial charge in [-0.1, -0.05) is 11.6 Å². The molecule has 1 aromatic carbocycles. The molecule has 5 nitrogen and oxygen atoms in total. The van der Waals surface area contributed by atoms with Crippen LogP contribution in [0.5, 0.6) is 0 Å². The highest BCUT2D eigenvalue weighted by molar-refractivity contribution is 7.12. The average Bonchev–Trinajstić information content (AvgIpc) is 3.12. The van der Waals surface area contributed by atoms with Crippen molar-refractivity contribution < 1.29 is 18.0 Å². The molecule has 0 saturated heterocycles. The third kappa shape index (κ3) is 3.58. The van der Waals surface area contributed by atoms with Crippen LogP contribution in [-0.4, -0.2) is 20.7 Å². The van der Waals surface area contributed by atoms with Gasteiger partial charge in [0.1, 0.15) is 10.7 Å². The lowest BCUT2D eigenvalue weighted by Crippen LogP contribution is -2.15. The van der Waals surface area contributed by atoms with Gasteiger partial charge >= 0.3 is 6.18 Å². The first kappa shape index (κ1) is 18.4. The Morgan fingerprint density at radius 2 is 2.00 bits per heavy atom. The highest BCUT2D eigenvalue weighted by Gasteiger charge is 2.31. The summed E-state index contributed by atoms with van der Waals surface area (Å²) >= 11 is 7.24. The van der Waals surface area contributed by atoms with E-state index >= 15 is 0 Å². The number of halogens is 4. The molecular weight excluding hydrogens is 389 g/mol. The van der Waals surface area contributed by atoms with Crippen molar-refractivity contribution in [2.24, 2.45) is 0 Å². The van der Waals surface area contributed by atoms with E-state index in [-0.39, 0.29) is 16.5 Å². The minimum Gasteiger partial charge on any atom is -0.306 e. The first-order valence-electron chi connectivity index (χ1n) is 7.32. The molecule has 0 unspecified atom stereocenters. The first-order chi connectivity index (χ1) is 12.2. The normalized spacial score (nSPS) is 11.6. The first-order valence-corrected chi connectivity index (χ1v) is 8.58. The van der Waals surface area contributed by atoms with Crippen molar-refractivity contribution in [3.05, 3.63) is 56.6 Å². The SMILES string of the molecule is Cc1cc(NC(=O)c2scnc2C)n(-c2cc(C(F)(F)F)ccc2Cl)n1. The van der Waals surface area contributed by atoms with Gasteiger partial charge in [-0.2, -0.15) is 18.3 Å². The highest BCUT2D eigenvalue weighted by atomic mass is 35.5. The second kappa shape index (κ2) is 6.73. The molecule has 10 heteroatoms. The van der Waals surface area contributed by atoms with E-state index in [9.17, 15) is 18.0 Å². The number of benzene rings is 1. The topological polar surface area (TPSA) is 59.8 Å². The summed E-state index contributed by atoms with van der Waals surface area (Å²) in [5.41, 5.74) is 1.77. The third-order valence-electron chi connectivity index (χ3n) is 3.53. The molecule has 0 bridgehead atoms. The van der Waals surface area contributed by atoms with Gasteiger partial charge in [0, 0.05) is 6.07 Å². The van der Waals surface area contributed by atoms with Gasteiger partial charge in [0.25, 0.3) is 5.91 Å². The summed E-state index contributed by atoms with van der Waals surface area (Å²) < 4.78 is 40.2. The number of aromatic nitrogens is 3. The van der Waals surface area contributed by atoms with Crippen LogP contribution in [0.1, 0.15) is 26.6 Å². The van der Waals surface area contributed by atoms with Crippen molar-refractivity contribution in [2.75, 3.05) is 5.32 Å². The van der Waals surface area contributed by atoms with Gasteiger partial charge in [-0.15, -0.1) is 11.3 Å². The van der Waals surface area contributed by atoms with Crippen LogP contribution in [0.15, 0.2) is 29.8 Å². The fraction of sp³-hybridized carbons (Fsp3) is 0.188. The number of hydrogen-bond donors (Lipinski definition) is 1. The molecule has 2 heterocycles. The lowest BCUT2D eigenvalue weighted by molar-refractivity contribution is -0.137. The van der Waals surface area contributed by atoms with Crippen LogP contribution in [0, 0.1) is 13.8 Å². The fourth-order valence-corrected chi connectivity index (χ4v) is 3.21. The molecule has 3 rings (SSSR count). The van der Waals surface area contributed by atoms with Gasteiger partial charge in [0.05, 0.1) is 33.2 Å². The number of alkyl halides is 3. The molecule has 0 atom stereocenters. The molecule has 3 aromatic rings. The van der Waals surface area contributed by atoms with E-state index < -0.39 is 17.6 Å². The van der Waals surface area contributed by atoms with Crippen LogP contribution in [-0.2, 0) is 6.18 Å². The molecule has 0 saturated carbocycles. The number of hydrogen-bond acceptors (Lipinski definition) is 4. The van der Waals surface area contributed by atoms with E-state index in [1.165, 1.54) is 21.5 Å². The largest absolute Gasteiger partial charge is 0.416 e. The summed E-state index contributed by atoms with van der Waals surface area (Å²) in [5.74, 6) is -0.212. The van der Waals surface area contributed by atoms with E-state index in [1.807, 2.05) is 0 Å². The maximum absolute atomic E-state index is 13.0. The van der Waals surface area contributed by atoms with Crippen LogP contribution < -0.4 is 5.32 Å². The zero-order chi connectivity index (χ0) is 19.1. The highest BCUT2D eigenvalue weighted by Crippen LogP contribution is 2.34. The molecule has 26 heavy (non-hydrogen) atoms. The number of thiazole rings is 1. The van der Waals surface area contributed by atoms with Crippen LogP contribution in [0.4, 0.5) is 19.0 Å². The number of rotatable bonds is 3. The van der Waals surface area contributed by atoms with E-state index in [0.717, 1.165) is 18.2 Å². The van der Waals surface area contributed by atoms with Crippen molar-refractivity contribution >= 4 is 34.7 Å². The van der Waals surface area contributed by atoms with Crippen LogP contribution in [0.25, 0.3) is 5.69 Å². The Morgan fingerprint density at radius 3 is 2.62 bits per heavy atom. The summed E-state index contributed by atoms with van der Waals surface area (Å²) in [5, 5.41) is 6.88. The zero-order valence-electron chi connectivity index (χ0n) is 13.6. The molecule has 0 spiro atoms. The van der Waals surface area contributed by atoms with Gasteiger partial charge in [-0.05, 0) is 32.0 Å². The second-order valence-electron chi connectivity index (χ2n) is 5.47. The van der Waals surface area contributed by atoms with Crippen molar-refractivity contribution in [1.82, 2.24) is 14.8 Å². The Balaban J connectivity index is 2.03. The van der Waals surface area contributed by atoms with E-state index in [2.05, 4.69) is 15.4 Å². The van der Waals surface area contributed by atoms with Gasteiger partial charge in [0.2, 0.25) is 0 Å². The minimum atomic E-state index is -4.52. The Hall–Kier alpha value is -2.39. The number of nitrogens with zero attached hydrogens (tertiary/aromatic N) is 3. The van der Waals surface area contributed by atoms with Crippen LogP contribution >= 0.6 is 22.9 Å². The summed E-state index contributed by atoms with van der Waals surface area (Å²) in [6, 6.07) is 4.48. The van der Waals surface area contributed by atoms with E-state index in [4.69, 9.17) is 11.6 Å². The molecule has 2 aromatic heterocycles. The van der Waals surface area contributed by atoms with Crippen LogP contribution in [0.2, 0.25) is 5.02 Å². The predicted octanol–water partition coefficient (Wildman–Crippen LogP) is 4.87. The third-order valence-corrected chi connectivity index (χ3v) is 4.77. The number of carbonyl (C=O) groups is 1. The van der Waals surface area contributed by atoms with Gasteiger partial charge < -0.3 is 5.32 Å². The number of amides is 1. The Kier molecular flexibility index (Phi) is 4.76. The summed E-state index contributed by atoms with van der Waals surface area (Å²) in [6.45, 7) is 3.35. The number of aryl methyl sites for hydroxylation is 2. The zero-order valence-corrected chi connectivity index (χ0v) is 15.1. The summed E-state index contributed by atoms with van der Waals surface area (Å²) in [4.78, 5) is 16.8. The average molecular weight is 401 g/mol. The predicted molar refractivity (Wildman–Crippen MR) is 93.1 cm³/mol. The number of carbonyl (C=O) groups excluding carboxylic acids is 1. The molecule has 0 aliphatic rings. The van der Waals surface area contributed by atoms with Crippen molar-refractivity contribution in [3.8, 4) is 5.69 Å². The van der Waals surface area contributed by atoms with Crippen molar-refractivity contribution in [1.29, 1.82) is 0 Å². The van der Waals surface area contributed by atoms with Crippen molar-refractivity contribution in [2.45, 2.75) is 20.0 Å². The Labute approximate surface area is 155 Å². The molecule has 136 valence electrons. The van der Waals surface area contributed by atoms with E-state index in [1.54, 1.807) is 19.9 Å². The van der Waals surface area contributed by atoms with Crippen LogP contribution in [0.3, 0.4) is 0 Å². The summed E-state index contributed by atoms with van der Waals surface area (Å²) in [7, 11) is 0. The summed E-state index contributed by atoms with van der Waals surface area (Å²) in [6.07, 6.45) is -4.52.